The highest BCUT2D eigenvalue weighted by atomic mass is 16.3. The minimum absolute atomic E-state index is 0.122. The molecule has 2 N–H and O–H groups in total. The molecule has 182 valence electrons. The Morgan fingerprint density at radius 2 is 0.700 bits per heavy atom. The molecular formula is C28H58O2. The van der Waals surface area contributed by atoms with Crippen molar-refractivity contribution in [3.63, 3.8) is 0 Å². The molecule has 2 nitrogen and oxygen atoms in total. The fraction of sp³-hybridized carbons (Fsp3) is 1.00. The molecule has 0 spiro atoms. The molecule has 0 rings (SSSR count). The molecule has 0 bridgehead atoms. The van der Waals surface area contributed by atoms with Gasteiger partial charge in [-0.3, -0.25) is 0 Å². The Hall–Kier alpha value is -0.0800. The topological polar surface area (TPSA) is 40.5 Å². The van der Waals surface area contributed by atoms with Crippen LogP contribution in [0.1, 0.15) is 162 Å². The van der Waals surface area contributed by atoms with E-state index in [0.29, 0.717) is 6.61 Å². The first-order chi connectivity index (χ1) is 14.7. The van der Waals surface area contributed by atoms with E-state index in [1.165, 1.54) is 128 Å². The first-order valence-electron chi connectivity index (χ1n) is 14.0. The van der Waals surface area contributed by atoms with Crippen molar-refractivity contribution in [3.8, 4) is 0 Å². The maximum atomic E-state index is 10.3. The predicted octanol–water partition coefficient (Wildman–Crippen LogP) is 8.97. The molecule has 0 unspecified atom stereocenters. The predicted molar refractivity (Wildman–Crippen MR) is 134 cm³/mol. The smallest absolute Gasteiger partial charge is 0.0487 e. The molecule has 30 heavy (non-hydrogen) atoms. The van der Waals surface area contributed by atoms with E-state index in [4.69, 9.17) is 0 Å². The summed E-state index contributed by atoms with van der Waals surface area (Å²) in [6, 6.07) is 0. The van der Waals surface area contributed by atoms with Crippen molar-refractivity contribution in [2.75, 3.05) is 13.2 Å². The Bertz CT molecular complexity index is 294. The van der Waals surface area contributed by atoms with E-state index in [-0.39, 0.29) is 12.0 Å². The Labute approximate surface area is 190 Å². The molecule has 0 atom stereocenters. The molecule has 0 amide bonds. The Kier molecular flexibility index (Phi) is 23.5. The molecule has 0 saturated heterocycles. The lowest BCUT2D eigenvalue weighted by atomic mass is 9.74. The average Bonchev–Trinajstić information content (AvgIpc) is 2.76. The van der Waals surface area contributed by atoms with Gasteiger partial charge in [-0.1, -0.05) is 136 Å². The Morgan fingerprint density at radius 1 is 0.400 bits per heavy atom. The van der Waals surface area contributed by atoms with Crippen molar-refractivity contribution in [1.82, 2.24) is 0 Å². The van der Waals surface area contributed by atoms with Gasteiger partial charge in [0.25, 0.3) is 0 Å². The number of unbranched alkanes of at least 4 members (excludes halogenated alkanes) is 17. The van der Waals surface area contributed by atoms with Gasteiger partial charge in [0.15, 0.2) is 0 Å². The van der Waals surface area contributed by atoms with Gasteiger partial charge in [-0.15, -0.1) is 0 Å². The van der Waals surface area contributed by atoms with Crippen molar-refractivity contribution in [2.45, 2.75) is 162 Å². The molecule has 0 aliphatic heterocycles. The summed E-state index contributed by atoms with van der Waals surface area (Å²) in [6.07, 6.45) is 30.0. The highest BCUT2D eigenvalue weighted by Gasteiger charge is 2.27. The number of aliphatic hydroxyl groups excluding tert-OH is 2. The summed E-state index contributed by atoms with van der Waals surface area (Å²) in [5.41, 5.74) is 0.122. The zero-order chi connectivity index (χ0) is 22.2. The third-order valence-corrected chi connectivity index (χ3v) is 7.07. The minimum atomic E-state index is 0.122. The second kappa shape index (κ2) is 23.6. The Balaban J connectivity index is 4.02. The quantitative estimate of drug-likeness (QED) is 0.143. The first-order valence-corrected chi connectivity index (χ1v) is 14.0. The molecule has 0 aliphatic rings. The van der Waals surface area contributed by atoms with Gasteiger partial charge in [-0.2, -0.15) is 0 Å². The molecule has 0 aromatic carbocycles. The van der Waals surface area contributed by atoms with Crippen molar-refractivity contribution < 1.29 is 10.2 Å². The molecule has 0 saturated carbocycles. The van der Waals surface area contributed by atoms with Crippen LogP contribution in [-0.4, -0.2) is 23.4 Å². The van der Waals surface area contributed by atoms with Gasteiger partial charge in [0, 0.05) is 13.2 Å². The third-order valence-electron chi connectivity index (χ3n) is 7.07. The number of hydrogen-bond acceptors (Lipinski definition) is 2. The summed E-state index contributed by atoms with van der Waals surface area (Å²) in [4.78, 5) is 0. The highest BCUT2D eigenvalue weighted by molar-refractivity contribution is 4.79. The minimum Gasteiger partial charge on any atom is -0.396 e. The van der Waals surface area contributed by atoms with Gasteiger partial charge in [-0.25, -0.2) is 0 Å². The number of aliphatic hydroxyl groups is 2. The molecule has 0 radical (unpaired) electrons. The van der Waals surface area contributed by atoms with E-state index in [1.54, 1.807) is 0 Å². The van der Waals surface area contributed by atoms with Crippen LogP contribution in [0.5, 0.6) is 0 Å². The summed E-state index contributed by atoms with van der Waals surface area (Å²) < 4.78 is 0. The van der Waals surface area contributed by atoms with E-state index in [2.05, 4.69) is 13.8 Å². The van der Waals surface area contributed by atoms with Crippen LogP contribution in [0.3, 0.4) is 0 Å². The highest BCUT2D eigenvalue weighted by Crippen LogP contribution is 2.36. The van der Waals surface area contributed by atoms with Crippen LogP contribution in [0, 0.1) is 5.41 Å². The summed E-state index contributed by atoms with van der Waals surface area (Å²) >= 11 is 0. The number of rotatable bonds is 25. The van der Waals surface area contributed by atoms with Crippen molar-refractivity contribution in [1.29, 1.82) is 0 Å². The summed E-state index contributed by atoms with van der Waals surface area (Å²) in [5, 5.41) is 19.4. The molecule has 0 aliphatic carbocycles. The van der Waals surface area contributed by atoms with E-state index in [9.17, 15) is 10.2 Å². The zero-order valence-corrected chi connectivity index (χ0v) is 21.1. The van der Waals surface area contributed by atoms with Crippen LogP contribution in [-0.2, 0) is 0 Å². The van der Waals surface area contributed by atoms with E-state index in [0.717, 1.165) is 19.3 Å². The van der Waals surface area contributed by atoms with E-state index >= 15 is 0 Å². The van der Waals surface area contributed by atoms with Gasteiger partial charge < -0.3 is 10.2 Å². The molecular weight excluding hydrogens is 368 g/mol. The average molecular weight is 427 g/mol. The maximum Gasteiger partial charge on any atom is 0.0487 e. The largest absolute Gasteiger partial charge is 0.396 e. The van der Waals surface area contributed by atoms with Gasteiger partial charge in [0.05, 0.1) is 0 Å². The molecule has 0 aromatic heterocycles. The lowest BCUT2D eigenvalue weighted by Crippen LogP contribution is -2.26. The second-order valence-corrected chi connectivity index (χ2v) is 10.00. The zero-order valence-electron chi connectivity index (χ0n) is 21.1. The normalized spacial score (nSPS) is 12.0. The standard InChI is InChI=1S/C28H58O2/c1-3-5-7-9-11-13-15-17-19-23-28(27-30,25-21-22-26-29)24-20-18-16-14-12-10-8-6-4-2/h29-30H,3-27H2,1-2H3. The summed E-state index contributed by atoms with van der Waals surface area (Å²) in [6.45, 7) is 5.19. The van der Waals surface area contributed by atoms with Crippen LogP contribution in [0.25, 0.3) is 0 Å². The van der Waals surface area contributed by atoms with Crippen molar-refractivity contribution in [3.05, 3.63) is 0 Å². The second-order valence-electron chi connectivity index (χ2n) is 10.00. The SMILES string of the molecule is CCCCCCCCCCCC(CO)(CCCCO)CCCCCCCCCCC. The molecule has 2 heteroatoms. The lowest BCUT2D eigenvalue weighted by Gasteiger charge is -2.32. The lowest BCUT2D eigenvalue weighted by molar-refractivity contribution is 0.0840. The van der Waals surface area contributed by atoms with E-state index in [1.807, 2.05) is 0 Å². The van der Waals surface area contributed by atoms with Crippen LogP contribution >= 0.6 is 0 Å². The van der Waals surface area contributed by atoms with E-state index < -0.39 is 0 Å². The summed E-state index contributed by atoms with van der Waals surface area (Å²) in [7, 11) is 0. The Morgan fingerprint density at radius 3 is 1.00 bits per heavy atom. The fourth-order valence-electron chi connectivity index (χ4n) is 4.85. The van der Waals surface area contributed by atoms with Crippen LogP contribution in [0.15, 0.2) is 0 Å². The first kappa shape index (κ1) is 29.9. The monoisotopic (exact) mass is 426 g/mol. The van der Waals surface area contributed by atoms with Gasteiger partial charge in [-0.05, 0) is 31.1 Å². The van der Waals surface area contributed by atoms with Crippen molar-refractivity contribution in [2.24, 2.45) is 5.41 Å². The van der Waals surface area contributed by atoms with Crippen LogP contribution in [0.4, 0.5) is 0 Å². The van der Waals surface area contributed by atoms with Gasteiger partial charge in [0.1, 0.15) is 0 Å². The third kappa shape index (κ3) is 18.7. The van der Waals surface area contributed by atoms with Crippen molar-refractivity contribution >= 4 is 0 Å². The molecule has 0 heterocycles. The summed E-state index contributed by atoms with van der Waals surface area (Å²) in [5.74, 6) is 0. The number of hydrogen-bond donors (Lipinski definition) is 2. The van der Waals surface area contributed by atoms with Gasteiger partial charge >= 0.3 is 0 Å². The van der Waals surface area contributed by atoms with Crippen LogP contribution in [0.2, 0.25) is 0 Å². The maximum absolute atomic E-state index is 10.3. The molecule has 0 fully saturated rings. The molecule has 0 aromatic rings. The fourth-order valence-corrected chi connectivity index (χ4v) is 4.85. The van der Waals surface area contributed by atoms with Gasteiger partial charge in [0.2, 0.25) is 0 Å². The van der Waals surface area contributed by atoms with Crippen LogP contribution < -0.4 is 0 Å².